The zero-order valence-electron chi connectivity index (χ0n) is 13.8. The molecule has 0 aliphatic carbocycles. The number of benzene rings is 2. The molecule has 1 heteroatoms. The van der Waals surface area contributed by atoms with Crippen LogP contribution in [0, 0.1) is 0 Å². The van der Waals surface area contributed by atoms with Gasteiger partial charge in [-0.2, -0.15) is 0 Å². The van der Waals surface area contributed by atoms with E-state index in [9.17, 15) is 0 Å². The molecule has 0 radical (unpaired) electrons. The Kier molecular flexibility index (Phi) is 3.69. The fraction of sp³-hybridized carbons (Fsp3) is 0.500. The number of nitrogens with zero attached hydrogens (tertiary/aromatic N) is 1. The zero-order chi connectivity index (χ0) is 15.0. The lowest BCUT2D eigenvalue weighted by molar-refractivity contribution is 0.439. The van der Waals surface area contributed by atoms with Gasteiger partial charge in [0, 0.05) is 23.7 Å². The molecule has 1 heterocycles. The lowest BCUT2D eigenvalue weighted by atomic mass is 9.79. The van der Waals surface area contributed by atoms with E-state index in [1.165, 1.54) is 42.3 Å². The summed E-state index contributed by atoms with van der Waals surface area (Å²) in [5.74, 6) is 0. The topological polar surface area (TPSA) is 3.24 Å². The summed E-state index contributed by atoms with van der Waals surface area (Å²) in [6.45, 7) is 10.7. The average Bonchev–Trinajstić information content (AvgIpc) is 2.68. The molecule has 2 aromatic carbocycles. The van der Waals surface area contributed by atoms with Crippen molar-refractivity contribution in [1.29, 1.82) is 0 Å². The first kappa shape index (κ1) is 14.4. The Bertz CT molecular complexity index is 641. The molecule has 0 N–H and O–H groups in total. The molecule has 0 spiro atoms. The van der Waals surface area contributed by atoms with Crippen LogP contribution in [-0.2, 0) is 5.41 Å². The van der Waals surface area contributed by atoms with Crippen LogP contribution in [0.2, 0.25) is 0 Å². The number of unbranched alkanes of at least 4 members (excludes halogenated alkanes) is 2. The number of anilines is 1. The lowest BCUT2D eigenvalue weighted by Gasteiger charge is -2.31. The summed E-state index contributed by atoms with van der Waals surface area (Å²) < 4.78 is 0. The Morgan fingerprint density at radius 2 is 1.81 bits per heavy atom. The summed E-state index contributed by atoms with van der Waals surface area (Å²) in [5, 5.41) is 2.80. The van der Waals surface area contributed by atoms with Gasteiger partial charge in [0.15, 0.2) is 0 Å². The largest absolute Gasteiger partial charge is 0.368 e. The Morgan fingerprint density at radius 3 is 2.57 bits per heavy atom. The summed E-state index contributed by atoms with van der Waals surface area (Å²) in [4.78, 5) is 2.64. The molecule has 1 aliphatic rings. The maximum Gasteiger partial charge on any atom is 0.0414 e. The second-order valence-electron chi connectivity index (χ2n) is 6.98. The molecule has 0 fully saturated rings. The van der Waals surface area contributed by atoms with Crippen LogP contribution in [0.3, 0.4) is 0 Å². The maximum absolute atomic E-state index is 2.64. The summed E-state index contributed by atoms with van der Waals surface area (Å²) in [6, 6.07) is 14.0. The van der Waals surface area contributed by atoms with Gasteiger partial charge in [-0.05, 0) is 35.7 Å². The Balaban J connectivity index is 2.09. The molecule has 0 bridgehead atoms. The number of hydrogen-bond acceptors (Lipinski definition) is 1. The van der Waals surface area contributed by atoms with Gasteiger partial charge < -0.3 is 4.90 Å². The molecule has 1 unspecified atom stereocenters. The standard InChI is InChI=1S/C20H27N/c1-5-6-9-14-21-15(2)20(3,4)19-17-11-8-7-10-16(17)12-13-18(19)21/h7-8,10-13,15H,5-6,9,14H2,1-4H3. The maximum atomic E-state index is 2.64. The lowest BCUT2D eigenvalue weighted by Crippen LogP contribution is -2.39. The van der Waals surface area contributed by atoms with E-state index in [0.717, 1.165) is 0 Å². The van der Waals surface area contributed by atoms with Gasteiger partial charge in [-0.3, -0.25) is 0 Å². The highest BCUT2D eigenvalue weighted by atomic mass is 15.2. The third-order valence-corrected chi connectivity index (χ3v) is 5.38. The molecule has 2 aromatic rings. The molecule has 0 aromatic heterocycles. The fourth-order valence-corrected chi connectivity index (χ4v) is 3.83. The van der Waals surface area contributed by atoms with Crippen molar-refractivity contribution in [2.24, 2.45) is 0 Å². The van der Waals surface area contributed by atoms with Crippen molar-refractivity contribution in [2.45, 2.75) is 58.4 Å². The first-order valence-corrected chi connectivity index (χ1v) is 8.36. The molecule has 112 valence electrons. The molecule has 0 saturated carbocycles. The van der Waals surface area contributed by atoms with Crippen molar-refractivity contribution in [2.75, 3.05) is 11.4 Å². The van der Waals surface area contributed by atoms with Crippen LogP contribution in [0.1, 0.15) is 52.5 Å². The molecule has 1 aliphatic heterocycles. The molecule has 1 nitrogen and oxygen atoms in total. The molecular weight excluding hydrogens is 254 g/mol. The van der Waals surface area contributed by atoms with Gasteiger partial charge in [-0.15, -0.1) is 0 Å². The second-order valence-corrected chi connectivity index (χ2v) is 6.98. The van der Waals surface area contributed by atoms with E-state index >= 15 is 0 Å². The van der Waals surface area contributed by atoms with Crippen molar-refractivity contribution >= 4 is 16.5 Å². The third-order valence-electron chi connectivity index (χ3n) is 5.38. The minimum atomic E-state index is 0.211. The van der Waals surface area contributed by atoms with Gasteiger partial charge in [0.25, 0.3) is 0 Å². The Hall–Kier alpha value is -1.50. The van der Waals surface area contributed by atoms with E-state index in [-0.39, 0.29) is 5.41 Å². The van der Waals surface area contributed by atoms with Gasteiger partial charge >= 0.3 is 0 Å². The molecule has 3 rings (SSSR count). The van der Waals surface area contributed by atoms with Gasteiger partial charge in [0.1, 0.15) is 0 Å². The molecular formula is C20H27N. The van der Waals surface area contributed by atoms with E-state index in [1.807, 2.05) is 0 Å². The van der Waals surface area contributed by atoms with Gasteiger partial charge in [-0.1, -0.05) is 63.9 Å². The van der Waals surface area contributed by atoms with E-state index in [1.54, 1.807) is 5.56 Å². The second kappa shape index (κ2) is 5.36. The first-order chi connectivity index (χ1) is 10.1. The average molecular weight is 281 g/mol. The molecule has 0 amide bonds. The van der Waals surface area contributed by atoms with Crippen LogP contribution < -0.4 is 4.90 Å². The summed E-state index contributed by atoms with van der Waals surface area (Å²) in [7, 11) is 0. The molecule has 21 heavy (non-hydrogen) atoms. The van der Waals surface area contributed by atoms with Crippen molar-refractivity contribution in [1.82, 2.24) is 0 Å². The van der Waals surface area contributed by atoms with Crippen molar-refractivity contribution in [3.8, 4) is 0 Å². The molecule has 0 saturated heterocycles. The summed E-state index contributed by atoms with van der Waals surface area (Å²) >= 11 is 0. The van der Waals surface area contributed by atoms with Crippen molar-refractivity contribution in [3.05, 3.63) is 42.0 Å². The minimum Gasteiger partial charge on any atom is -0.368 e. The van der Waals surface area contributed by atoms with E-state index in [0.29, 0.717) is 6.04 Å². The van der Waals surface area contributed by atoms with E-state index in [4.69, 9.17) is 0 Å². The summed E-state index contributed by atoms with van der Waals surface area (Å²) in [6.07, 6.45) is 3.91. The number of fused-ring (bicyclic) bond motifs is 3. The third kappa shape index (κ3) is 2.23. The highest BCUT2D eigenvalue weighted by Crippen LogP contribution is 2.48. The van der Waals surface area contributed by atoms with Gasteiger partial charge in [0.05, 0.1) is 0 Å². The van der Waals surface area contributed by atoms with Crippen LogP contribution in [-0.4, -0.2) is 12.6 Å². The highest BCUT2D eigenvalue weighted by Gasteiger charge is 2.42. The number of rotatable bonds is 4. The van der Waals surface area contributed by atoms with Gasteiger partial charge in [-0.25, -0.2) is 0 Å². The summed E-state index contributed by atoms with van der Waals surface area (Å²) in [5.41, 5.74) is 3.22. The van der Waals surface area contributed by atoms with Crippen LogP contribution >= 0.6 is 0 Å². The predicted molar refractivity (Wildman–Crippen MR) is 93.3 cm³/mol. The van der Waals surface area contributed by atoms with Crippen molar-refractivity contribution in [3.63, 3.8) is 0 Å². The van der Waals surface area contributed by atoms with Crippen molar-refractivity contribution < 1.29 is 0 Å². The smallest absolute Gasteiger partial charge is 0.0414 e. The fourth-order valence-electron chi connectivity index (χ4n) is 3.83. The van der Waals surface area contributed by atoms with Gasteiger partial charge in [0.2, 0.25) is 0 Å². The normalized spacial score (nSPS) is 20.0. The van der Waals surface area contributed by atoms with Crippen LogP contribution in [0.25, 0.3) is 10.8 Å². The SMILES string of the molecule is CCCCCN1c2ccc3ccccc3c2C(C)(C)C1C. The Morgan fingerprint density at radius 1 is 1.05 bits per heavy atom. The van der Waals surface area contributed by atoms with E-state index < -0.39 is 0 Å². The minimum absolute atomic E-state index is 0.211. The quantitative estimate of drug-likeness (QED) is 0.667. The molecule has 1 atom stereocenters. The zero-order valence-corrected chi connectivity index (χ0v) is 13.8. The van der Waals surface area contributed by atoms with Crippen LogP contribution in [0.15, 0.2) is 36.4 Å². The van der Waals surface area contributed by atoms with Crippen LogP contribution in [0.4, 0.5) is 5.69 Å². The monoisotopic (exact) mass is 281 g/mol. The Labute approximate surface area is 129 Å². The first-order valence-electron chi connectivity index (χ1n) is 8.36. The van der Waals surface area contributed by atoms with Crippen LogP contribution in [0.5, 0.6) is 0 Å². The predicted octanol–water partition coefficient (Wildman–Crippen LogP) is 5.52. The van der Waals surface area contributed by atoms with E-state index in [2.05, 4.69) is 69.0 Å². The number of hydrogen-bond donors (Lipinski definition) is 0. The highest BCUT2D eigenvalue weighted by molar-refractivity contribution is 5.93.